The molecule has 64 valence electrons. The van der Waals surface area contributed by atoms with Gasteiger partial charge >= 0.3 is 0 Å². The minimum absolute atomic E-state index is 0.403. The molecule has 1 aliphatic carbocycles. The Morgan fingerprint density at radius 1 is 1.18 bits per heavy atom. The second-order valence-electron chi connectivity index (χ2n) is 3.69. The van der Waals surface area contributed by atoms with Crippen LogP contribution >= 0.6 is 11.6 Å². The van der Waals surface area contributed by atoms with E-state index in [0.717, 1.165) is 5.92 Å². The third kappa shape index (κ3) is 1.70. The fourth-order valence-electron chi connectivity index (χ4n) is 2.16. The first kappa shape index (κ1) is 7.88. The molecule has 0 aromatic carbocycles. The van der Waals surface area contributed by atoms with Gasteiger partial charge in [-0.05, 0) is 18.8 Å². The molecule has 0 N–H and O–H groups in total. The quantitative estimate of drug-likeness (QED) is 0.463. The van der Waals surface area contributed by atoms with Gasteiger partial charge in [-0.3, -0.25) is 0 Å². The molecule has 1 aliphatic heterocycles. The van der Waals surface area contributed by atoms with E-state index in [-0.39, 0.29) is 0 Å². The van der Waals surface area contributed by atoms with Crippen molar-refractivity contribution in [1.82, 2.24) is 0 Å². The summed E-state index contributed by atoms with van der Waals surface area (Å²) in [4.78, 5) is 0. The van der Waals surface area contributed by atoms with Crippen LogP contribution in [0.25, 0.3) is 0 Å². The molecule has 11 heavy (non-hydrogen) atoms. The molecule has 0 bridgehead atoms. The number of halogens is 1. The predicted octanol–water partition coefficient (Wildman–Crippen LogP) is 2.57. The third-order valence-electron chi connectivity index (χ3n) is 2.89. The van der Waals surface area contributed by atoms with Crippen molar-refractivity contribution >= 4 is 11.6 Å². The van der Waals surface area contributed by atoms with Gasteiger partial charge in [0.15, 0.2) is 0 Å². The normalized spacial score (nSPS) is 39.0. The van der Waals surface area contributed by atoms with Crippen LogP contribution in [0.5, 0.6) is 0 Å². The Labute approximate surface area is 73.1 Å². The minimum Gasteiger partial charge on any atom is -0.368 e. The molecule has 2 fully saturated rings. The lowest BCUT2D eigenvalue weighted by Crippen LogP contribution is -2.14. The zero-order valence-electron chi connectivity index (χ0n) is 6.76. The van der Waals surface area contributed by atoms with Crippen molar-refractivity contribution < 1.29 is 4.74 Å². The van der Waals surface area contributed by atoms with Crippen molar-refractivity contribution in [3.63, 3.8) is 0 Å². The Morgan fingerprint density at radius 2 is 1.91 bits per heavy atom. The van der Waals surface area contributed by atoms with Gasteiger partial charge in [0.1, 0.15) is 0 Å². The molecule has 1 saturated heterocycles. The predicted molar refractivity (Wildman–Crippen MR) is 46.0 cm³/mol. The lowest BCUT2D eigenvalue weighted by molar-refractivity contribution is 0.263. The highest BCUT2D eigenvalue weighted by molar-refractivity contribution is 6.18. The van der Waals surface area contributed by atoms with Gasteiger partial charge in [-0.25, -0.2) is 0 Å². The summed E-state index contributed by atoms with van der Waals surface area (Å²) in [5.74, 6) is 1.54. The van der Waals surface area contributed by atoms with Crippen molar-refractivity contribution in [2.24, 2.45) is 5.92 Å². The Balaban J connectivity index is 1.77. The summed E-state index contributed by atoms with van der Waals surface area (Å²) in [6.45, 7) is 0. The number of hydrogen-bond donors (Lipinski definition) is 0. The standard InChI is InChI=1S/C9H15ClO/c10-6-8-9(11-8)7-4-2-1-3-5-7/h7-9H,1-6H2. The number of hydrogen-bond acceptors (Lipinski definition) is 1. The van der Waals surface area contributed by atoms with E-state index in [1.807, 2.05) is 0 Å². The molecule has 2 atom stereocenters. The van der Waals surface area contributed by atoms with Crippen LogP contribution in [0.3, 0.4) is 0 Å². The molecule has 1 nitrogen and oxygen atoms in total. The second-order valence-corrected chi connectivity index (χ2v) is 4.00. The first-order valence-corrected chi connectivity index (χ1v) is 5.16. The third-order valence-corrected chi connectivity index (χ3v) is 3.19. The van der Waals surface area contributed by atoms with Crippen molar-refractivity contribution in [2.75, 3.05) is 5.88 Å². The van der Waals surface area contributed by atoms with E-state index in [2.05, 4.69) is 0 Å². The number of epoxide rings is 1. The van der Waals surface area contributed by atoms with Crippen LogP contribution in [0.2, 0.25) is 0 Å². The van der Waals surface area contributed by atoms with Crippen LogP contribution < -0.4 is 0 Å². The highest BCUT2D eigenvalue weighted by Crippen LogP contribution is 2.38. The minimum atomic E-state index is 0.403. The summed E-state index contributed by atoms with van der Waals surface area (Å²) >= 11 is 5.69. The summed E-state index contributed by atoms with van der Waals surface area (Å²) < 4.78 is 5.47. The first-order valence-electron chi connectivity index (χ1n) is 4.63. The maximum absolute atomic E-state index is 5.69. The highest BCUT2D eigenvalue weighted by Gasteiger charge is 2.43. The number of alkyl halides is 1. The Bertz CT molecular complexity index is 132. The van der Waals surface area contributed by atoms with E-state index in [4.69, 9.17) is 16.3 Å². The van der Waals surface area contributed by atoms with E-state index >= 15 is 0 Å². The van der Waals surface area contributed by atoms with Gasteiger partial charge in [0, 0.05) is 0 Å². The molecule has 0 amide bonds. The monoisotopic (exact) mass is 174 g/mol. The average Bonchev–Trinajstić information content (AvgIpc) is 2.85. The Morgan fingerprint density at radius 3 is 2.45 bits per heavy atom. The van der Waals surface area contributed by atoms with Crippen LogP contribution in [-0.2, 0) is 4.74 Å². The zero-order valence-corrected chi connectivity index (χ0v) is 7.52. The van der Waals surface area contributed by atoms with Gasteiger partial charge in [-0.15, -0.1) is 11.6 Å². The van der Waals surface area contributed by atoms with Crippen LogP contribution in [-0.4, -0.2) is 18.1 Å². The Kier molecular flexibility index (Phi) is 2.38. The molecule has 0 spiro atoms. The van der Waals surface area contributed by atoms with E-state index in [9.17, 15) is 0 Å². The highest BCUT2D eigenvalue weighted by atomic mass is 35.5. The van der Waals surface area contributed by atoms with Crippen molar-refractivity contribution in [3.8, 4) is 0 Å². The molecule has 2 rings (SSSR count). The van der Waals surface area contributed by atoms with Crippen LogP contribution in [0.15, 0.2) is 0 Å². The molecular formula is C9H15ClO. The van der Waals surface area contributed by atoms with Gasteiger partial charge < -0.3 is 4.74 Å². The summed E-state index contributed by atoms with van der Waals surface area (Å²) in [7, 11) is 0. The van der Waals surface area contributed by atoms with E-state index in [0.29, 0.717) is 18.1 Å². The van der Waals surface area contributed by atoms with Gasteiger partial charge in [0.05, 0.1) is 18.1 Å². The fourth-order valence-corrected chi connectivity index (χ4v) is 2.41. The molecule has 0 aromatic rings. The molecule has 0 aromatic heterocycles. The first-order chi connectivity index (χ1) is 5.42. The lowest BCUT2D eigenvalue weighted by atomic mass is 9.86. The zero-order chi connectivity index (χ0) is 7.68. The van der Waals surface area contributed by atoms with Gasteiger partial charge in [-0.2, -0.15) is 0 Å². The summed E-state index contributed by atoms with van der Waals surface area (Å²) in [6, 6.07) is 0. The van der Waals surface area contributed by atoms with Crippen molar-refractivity contribution in [2.45, 2.75) is 44.3 Å². The van der Waals surface area contributed by atoms with Gasteiger partial charge in [0.25, 0.3) is 0 Å². The topological polar surface area (TPSA) is 12.5 Å². The smallest absolute Gasteiger partial charge is 0.0979 e. The van der Waals surface area contributed by atoms with Crippen LogP contribution in [0, 0.1) is 5.92 Å². The van der Waals surface area contributed by atoms with Crippen molar-refractivity contribution in [1.29, 1.82) is 0 Å². The Hall–Kier alpha value is 0.250. The molecule has 0 radical (unpaired) electrons. The summed E-state index contributed by atoms with van der Waals surface area (Å²) in [5, 5.41) is 0. The van der Waals surface area contributed by atoms with E-state index in [1.165, 1.54) is 32.1 Å². The van der Waals surface area contributed by atoms with Gasteiger partial charge in [-0.1, -0.05) is 19.3 Å². The summed E-state index contributed by atoms with van der Waals surface area (Å²) in [6.07, 6.45) is 7.91. The van der Waals surface area contributed by atoms with E-state index < -0.39 is 0 Å². The molecular weight excluding hydrogens is 160 g/mol. The molecule has 2 heteroatoms. The number of ether oxygens (including phenoxy) is 1. The second kappa shape index (κ2) is 3.32. The maximum atomic E-state index is 5.69. The molecule has 2 aliphatic rings. The van der Waals surface area contributed by atoms with Crippen molar-refractivity contribution in [3.05, 3.63) is 0 Å². The fraction of sp³-hybridized carbons (Fsp3) is 1.00. The molecule has 1 heterocycles. The largest absolute Gasteiger partial charge is 0.368 e. The van der Waals surface area contributed by atoms with E-state index in [1.54, 1.807) is 0 Å². The summed E-state index contributed by atoms with van der Waals surface area (Å²) in [5.41, 5.74) is 0. The van der Waals surface area contributed by atoms with Crippen LogP contribution in [0.4, 0.5) is 0 Å². The maximum Gasteiger partial charge on any atom is 0.0979 e. The average molecular weight is 175 g/mol. The van der Waals surface area contributed by atoms with Gasteiger partial charge in [0.2, 0.25) is 0 Å². The SMILES string of the molecule is ClCC1OC1C1CCCCC1. The molecule has 1 saturated carbocycles. The van der Waals surface area contributed by atoms with Crippen LogP contribution in [0.1, 0.15) is 32.1 Å². The lowest BCUT2D eigenvalue weighted by Gasteiger charge is -2.19. The number of rotatable bonds is 2. The molecule has 2 unspecified atom stereocenters.